The first-order valence-corrected chi connectivity index (χ1v) is 7.70. The predicted octanol–water partition coefficient (Wildman–Crippen LogP) is 4.23. The van der Waals surface area contributed by atoms with Crippen LogP contribution >= 0.6 is 12.2 Å². The molecule has 10 heteroatoms. The molecular weight excluding hydrogens is 382 g/mol. The number of benzene rings is 1. The Labute approximate surface area is 150 Å². The highest BCUT2D eigenvalue weighted by molar-refractivity contribution is 7.81. The third-order valence-corrected chi connectivity index (χ3v) is 4.09. The standard InChI is InChI=1S/C16H12F6N2OS/c1-8-13(24-2-3-25-8)12(7-23)14(26)9-4-10(15(17,18)19)6-11(5-9)16(20,21)22/h4-6,8,24H,2-3H2,1H3. The van der Waals surface area contributed by atoms with Crippen LogP contribution in [0.3, 0.4) is 0 Å². The van der Waals surface area contributed by atoms with Gasteiger partial charge in [0.1, 0.15) is 6.07 Å². The molecule has 0 aliphatic carbocycles. The SMILES string of the molecule is CC1OCCNC1=C(C#N)C(=S)c1cc(C(F)(F)F)cc(C(F)(F)F)c1. The summed E-state index contributed by atoms with van der Waals surface area (Å²) in [6.45, 7) is 2.27. The fourth-order valence-electron chi connectivity index (χ4n) is 2.40. The van der Waals surface area contributed by atoms with Crippen LogP contribution in [-0.2, 0) is 17.1 Å². The summed E-state index contributed by atoms with van der Waals surface area (Å²) in [5.74, 6) is 0. The van der Waals surface area contributed by atoms with Crippen molar-refractivity contribution in [2.45, 2.75) is 25.4 Å². The monoisotopic (exact) mass is 394 g/mol. The maximum absolute atomic E-state index is 13.0. The first kappa shape index (κ1) is 20.2. The number of hydrogen-bond donors (Lipinski definition) is 1. The van der Waals surface area contributed by atoms with E-state index in [2.05, 4.69) is 5.32 Å². The minimum Gasteiger partial charge on any atom is -0.383 e. The summed E-state index contributed by atoms with van der Waals surface area (Å²) in [4.78, 5) is -0.413. The molecule has 1 atom stereocenters. The smallest absolute Gasteiger partial charge is 0.383 e. The van der Waals surface area contributed by atoms with Crippen molar-refractivity contribution in [2.75, 3.05) is 13.2 Å². The Bertz CT molecular complexity index is 759. The molecule has 2 rings (SSSR count). The second kappa shape index (κ2) is 7.25. The molecule has 0 bridgehead atoms. The molecule has 0 amide bonds. The van der Waals surface area contributed by atoms with E-state index in [0.717, 1.165) is 0 Å². The molecule has 0 spiro atoms. The van der Waals surface area contributed by atoms with Gasteiger partial charge < -0.3 is 10.1 Å². The van der Waals surface area contributed by atoms with Gasteiger partial charge in [-0.05, 0) is 30.7 Å². The summed E-state index contributed by atoms with van der Waals surface area (Å²) < 4.78 is 83.2. The van der Waals surface area contributed by atoms with Crippen molar-refractivity contribution in [1.29, 1.82) is 5.26 Å². The van der Waals surface area contributed by atoms with E-state index in [1.54, 1.807) is 13.0 Å². The molecule has 1 aliphatic heterocycles. The average molecular weight is 394 g/mol. The topological polar surface area (TPSA) is 45.0 Å². The molecule has 0 radical (unpaired) electrons. The summed E-state index contributed by atoms with van der Waals surface area (Å²) in [7, 11) is 0. The van der Waals surface area contributed by atoms with E-state index in [1.165, 1.54) is 0 Å². The summed E-state index contributed by atoms with van der Waals surface area (Å²) in [5, 5.41) is 12.2. The number of allylic oxidation sites excluding steroid dienone is 1. The van der Waals surface area contributed by atoms with E-state index in [4.69, 9.17) is 17.0 Å². The number of morpholine rings is 1. The zero-order valence-corrected chi connectivity index (χ0v) is 14.1. The number of thiocarbonyl (C=S) groups is 1. The highest BCUT2D eigenvalue weighted by Gasteiger charge is 2.37. The zero-order chi connectivity index (χ0) is 19.7. The fourth-order valence-corrected chi connectivity index (χ4v) is 2.68. The predicted molar refractivity (Wildman–Crippen MR) is 84.2 cm³/mol. The fraction of sp³-hybridized carbons (Fsp3) is 0.375. The van der Waals surface area contributed by atoms with E-state index < -0.39 is 40.0 Å². The maximum Gasteiger partial charge on any atom is 0.416 e. The molecule has 1 N–H and O–H groups in total. The van der Waals surface area contributed by atoms with E-state index in [-0.39, 0.29) is 17.3 Å². The first-order valence-electron chi connectivity index (χ1n) is 7.29. The van der Waals surface area contributed by atoms with E-state index in [1.807, 2.05) is 0 Å². The van der Waals surface area contributed by atoms with Crippen LogP contribution in [0.1, 0.15) is 23.6 Å². The number of nitriles is 1. The van der Waals surface area contributed by atoms with Gasteiger partial charge in [0.15, 0.2) is 0 Å². The Morgan fingerprint density at radius 1 is 1.15 bits per heavy atom. The van der Waals surface area contributed by atoms with Crippen LogP contribution < -0.4 is 5.32 Å². The molecule has 140 valence electrons. The van der Waals surface area contributed by atoms with Crippen LogP contribution in [0, 0.1) is 11.3 Å². The lowest BCUT2D eigenvalue weighted by Crippen LogP contribution is -2.36. The lowest BCUT2D eigenvalue weighted by molar-refractivity contribution is -0.143. The van der Waals surface area contributed by atoms with Gasteiger partial charge in [-0.25, -0.2) is 0 Å². The van der Waals surface area contributed by atoms with Gasteiger partial charge in [-0.15, -0.1) is 0 Å². The van der Waals surface area contributed by atoms with Crippen molar-refractivity contribution in [2.24, 2.45) is 0 Å². The van der Waals surface area contributed by atoms with E-state index >= 15 is 0 Å². The molecule has 1 unspecified atom stereocenters. The van der Waals surface area contributed by atoms with E-state index in [0.29, 0.717) is 25.3 Å². The highest BCUT2D eigenvalue weighted by atomic mass is 32.1. The van der Waals surface area contributed by atoms with Crippen LogP contribution in [0.25, 0.3) is 0 Å². The zero-order valence-electron chi connectivity index (χ0n) is 13.3. The molecule has 0 saturated carbocycles. The van der Waals surface area contributed by atoms with Gasteiger partial charge in [-0.3, -0.25) is 0 Å². The molecule has 1 aliphatic rings. The number of alkyl halides is 6. The van der Waals surface area contributed by atoms with Crippen LogP contribution in [-0.4, -0.2) is 24.1 Å². The minimum absolute atomic E-state index is 0.00982. The molecule has 1 aromatic rings. The second-order valence-corrected chi connectivity index (χ2v) is 5.87. The molecule has 1 fully saturated rings. The number of halogens is 6. The largest absolute Gasteiger partial charge is 0.416 e. The van der Waals surface area contributed by atoms with Gasteiger partial charge in [-0.1, -0.05) is 12.2 Å². The van der Waals surface area contributed by atoms with Gasteiger partial charge >= 0.3 is 12.4 Å². The van der Waals surface area contributed by atoms with Crippen molar-refractivity contribution in [1.82, 2.24) is 5.32 Å². The summed E-state index contributed by atoms with van der Waals surface area (Å²) in [6.07, 6.45) is -10.6. The summed E-state index contributed by atoms with van der Waals surface area (Å²) >= 11 is 5.03. The minimum atomic E-state index is -4.99. The Morgan fingerprint density at radius 2 is 1.69 bits per heavy atom. The van der Waals surface area contributed by atoms with Gasteiger partial charge in [0.2, 0.25) is 0 Å². The average Bonchev–Trinajstić information content (AvgIpc) is 2.55. The Hall–Kier alpha value is -2.12. The molecule has 26 heavy (non-hydrogen) atoms. The van der Waals surface area contributed by atoms with Gasteiger partial charge in [0, 0.05) is 6.54 Å². The number of nitrogens with one attached hydrogen (secondary N) is 1. The van der Waals surface area contributed by atoms with Gasteiger partial charge in [0.25, 0.3) is 0 Å². The maximum atomic E-state index is 13.0. The number of hydrogen-bond acceptors (Lipinski definition) is 4. The Kier molecular flexibility index (Phi) is 5.63. The van der Waals surface area contributed by atoms with E-state index in [9.17, 15) is 31.6 Å². The lowest BCUT2D eigenvalue weighted by atomic mass is 9.97. The van der Waals surface area contributed by atoms with Crippen LogP contribution in [0.2, 0.25) is 0 Å². The summed E-state index contributed by atoms with van der Waals surface area (Å²) in [5.41, 5.74) is -3.49. The first-order chi connectivity index (χ1) is 11.9. The summed E-state index contributed by atoms with van der Waals surface area (Å²) in [6, 6.07) is 2.77. The highest BCUT2D eigenvalue weighted by Crippen LogP contribution is 2.37. The molecule has 3 nitrogen and oxygen atoms in total. The van der Waals surface area contributed by atoms with Crippen molar-refractivity contribution in [3.63, 3.8) is 0 Å². The van der Waals surface area contributed by atoms with Gasteiger partial charge in [-0.2, -0.15) is 31.6 Å². The number of nitrogens with zero attached hydrogens (tertiary/aromatic N) is 1. The quantitative estimate of drug-likeness (QED) is 0.268. The van der Waals surface area contributed by atoms with Crippen LogP contribution in [0.15, 0.2) is 29.5 Å². The third kappa shape index (κ3) is 4.34. The molecule has 1 heterocycles. The van der Waals surface area contributed by atoms with Crippen LogP contribution in [0.5, 0.6) is 0 Å². The molecule has 1 aromatic carbocycles. The number of rotatable bonds is 2. The van der Waals surface area contributed by atoms with Crippen molar-refractivity contribution >= 4 is 17.1 Å². The van der Waals surface area contributed by atoms with Crippen molar-refractivity contribution in [3.05, 3.63) is 46.2 Å². The molecule has 1 saturated heterocycles. The molecular formula is C16H12F6N2OS. The lowest BCUT2D eigenvalue weighted by Gasteiger charge is -2.26. The van der Waals surface area contributed by atoms with Crippen LogP contribution in [0.4, 0.5) is 26.3 Å². The van der Waals surface area contributed by atoms with Crippen molar-refractivity contribution < 1.29 is 31.1 Å². The Morgan fingerprint density at radius 3 is 2.12 bits per heavy atom. The van der Waals surface area contributed by atoms with Crippen molar-refractivity contribution in [3.8, 4) is 6.07 Å². The third-order valence-electron chi connectivity index (χ3n) is 3.65. The molecule has 0 aromatic heterocycles. The Balaban J connectivity index is 2.61. The normalized spacial score (nSPS) is 20.2. The second-order valence-electron chi connectivity index (χ2n) is 5.46. The number of ether oxygens (including phenoxy) is 1. The van der Waals surface area contributed by atoms with Gasteiger partial charge in [0.05, 0.1) is 40.0 Å².